The van der Waals surface area contributed by atoms with Gasteiger partial charge >= 0.3 is 0 Å². The molecule has 1 saturated carbocycles. The summed E-state index contributed by atoms with van der Waals surface area (Å²) in [5, 5.41) is 0.580. The van der Waals surface area contributed by atoms with Crippen LogP contribution in [0.4, 0.5) is 0 Å². The number of nitrogens with one attached hydrogen (secondary N) is 1. The Kier molecular flexibility index (Phi) is 5.39. The molecule has 0 spiro atoms. The Balaban J connectivity index is 2.11. The maximum Gasteiger partial charge on any atom is 0.241 e. The van der Waals surface area contributed by atoms with Gasteiger partial charge in [-0.15, -0.1) is 11.3 Å². The summed E-state index contributed by atoms with van der Waals surface area (Å²) in [4.78, 5) is 1.24. The molecule has 19 heavy (non-hydrogen) atoms. The number of aryl methyl sites for hydroxylation is 1. The smallest absolute Gasteiger partial charge is 0.208 e. The first-order valence-electron chi connectivity index (χ1n) is 6.23. The fraction of sp³-hybridized carbons (Fsp3) is 0.667. The lowest BCUT2D eigenvalue weighted by Crippen LogP contribution is -2.39. The van der Waals surface area contributed by atoms with Gasteiger partial charge < -0.3 is 0 Å². The highest BCUT2D eigenvalue weighted by Crippen LogP contribution is 2.31. The summed E-state index contributed by atoms with van der Waals surface area (Å²) in [7, 11) is -3.38. The molecule has 7 heteroatoms. The van der Waals surface area contributed by atoms with Gasteiger partial charge in [0.15, 0.2) is 0 Å². The van der Waals surface area contributed by atoms with Crippen LogP contribution in [0.2, 0.25) is 0 Å². The third-order valence-electron chi connectivity index (χ3n) is 3.41. The molecule has 2 rings (SSSR count). The Bertz CT molecular complexity index is 541. The molecule has 0 amide bonds. The van der Waals surface area contributed by atoms with Crippen LogP contribution in [-0.4, -0.2) is 26.0 Å². The maximum absolute atomic E-state index is 12.4. The van der Waals surface area contributed by atoms with Crippen LogP contribution in [0, 0.1) is 6.92 Å². The molecule has 1 N–H and O–H groups in total. The number of thiophene rings is 1. The van der Waals surface area contributed by atoms with Crippen LogP contribution in [0.3, 0.4) is 0 Å². The van der Waals surface area contributed by atoms with Gasteiger partial charge in [0, 0.05) is 16.2 Å². The Labute approximate surface area is 131 Å². The van der Waals surface area contributed by atoms with E-state index in [4.69, 9.17) is 0 Å². The zero-order chi connectivity index (χ0) is 14.0. The van der Waals surface area contributed by atoms with Gasteiger partial charge in [-0.3, -0.25) is 0 Å². The Morgan fingerprint density at radius 3 is 2.79 bits per heavy atom. The Morgan fingerprint density at radius 1 is 1.47 bits per heavy atom. The van der Waals surface area contributed by atoms with Crippen LogP contribution < -0.4 is 4.72 Å². The van der Waals surface area contributed by atoms with Gasteiger partial charge in [-0.05, 0) is 54.4 Å². The van der Waals surface area contributed by atoms with Gasteiger partial charge in [0.2, 0.25) is 10.0 Å². The van der Waals surface area contributed by atoms with E-state index in [-0.39, 0.29) is 6.04 Å². The Hall–Kier alpha value is 0.440. The van der Waals surface area contributed by atoms with E-state index in [0.717, 1.165) is 27.9 Å². The van der Waals surface area contributed by atoms with Crippen molar-refractivity contribution in [2.45, 2.75) is 48.8 Å². The fourth-order valence-electron chi connectivity index (χ4n) is 2.45. The van der Waals surface area contributed by atoms with Gasteiger partial charge in [0.25, 0.3) is 0 Å². The molecule has 2 atom stereocenters. The molecule has 1 aromatic heterocycles. The van der Waals surface area contributed by atoms with Crippen molar-refractivity contribution in [2.75, 3.05) is 6.26 Å². The molecule has 108 valence electrons. The molecule has 1 aromatic rings. The second-order valence-corrected chi connectivity index (χ2v) is 10.3. The lowest BCUT2D eigenvalue weighted by atomic mass is 9.96. The highest BCUT2D eigenvalue weighted by Gasteiger charge is 2.27. The summed E-state index contributed by atoms with van der Waals surface area (Å²) >= 11 is 6.64. The van der Waals surface area contributed by atoms with Crippen molar-refractivity contribution in [2.24, 2.45) is 0 Å². The van der Waals surface area contributed by atoms with Crippen molar-refractivity contribution in [3.8, 4) is 0 Å². The van der Waals surface area contributed by atoms with E-state index >= 15 is 0 Å². The molecule has 0 aromatic carbocycles. The second-order valence-electron chi connectivity index (χ2n) is 4.81. The monoisotopic (exact) mass is 383 g/mol. The number of rotatable bonds is 4. The van der Waals surface area contributed by atoms with Crippen molar-refractivity contribution < 1.29 is 8.42 Å². The number of sulfonamides is 1. The number of hydrogen-bond donors (Lipinski definition) is 1. The molecular weight excluding hydrogens is 366 g/mol. The van der Waals surface area contributed by atoms with Crippen molar-refractivity contribution in [3.63, 3.8) is 0 Å². The highest BCUT2D eigenvalue weighted by atomic mass is 79.9. The topological polar surface area (TPSA) is 46.2 Å². The van der Waals surface area contributed by atoms with Crippen LogP contribution >= 0.6 is 39.0 Å². The fourth-order valence-corrected chi connectivity index (χ4v) is 6.97. The summed E-state index contributed by atoms with van der Waals surface area (Å²) < 4.78 is 28.5. The minimum atomic E-state index is -3.38. The lowest BCUT2D eigenvalue weighted by molar-refractivity contribution is 0.421. The van der Waals surface area contributed by atoms with Crippen LogP contribution in [0.5, 0.6) is 0 Å². The number of hydrogen-bond acceptors (Lipinski definition) is 4. The molecule has 2 unspecified atom stereocenters. The molecule has 1 aliphatic carbocycles. The van der Waals surface area contributed by atoms with E-state index in [0.29, 0.717) is 10.1 Å². The van der Waals surface area contributed by atoms with Crippen molar-refractivity contribution >= 4 is 49.1 Å². The van der Waals surface area contributed by atoms with Crippen molar-refractivity contribution in [1.29, 1.82) is 0 Å². The van der Waals surface area contributed by atoms with E-state index < -0.39 is 10.0 Å². The number of thioether (sulfide) groups is 1. The minimum Gasteiger partial charge on any atom is -0.208 e. The van der Waals surface area contributed by atoms with E-state index in [9.17, 15) is 8.42 Å². The van der Waals surface area contributed by atoms with E-state index in [2.05, 4.69) is 26.9 Å². The molecule has 0 bridgehead atoms. The average molecular weight is 384 g/mol. The van der Waals surface area contributed by atoms with Crippen LogP contribution in [0.25, 0.3) is 0 Å². The van der Waals surface area contributed by atoms with Crippen molar-refractivity contribution in [1.82, 2.24) is 4.72 Å². The predicted molar refractivity (Wildman–Crippen MR) is 86.6 cm³/mol. The first-order chi connectivity index (χ1) is 8.92. The third kappa shape index (κ3) is 3.97. The molecule has 0 aliphatic heterocycles. The Morgan fingerprint density at radius 2 is 2.21 bits per heavy atom. The number of halogens is 1. The zero-order valence-corrected chi connectivity index (χ0v) is 15.0. The second kappa shape index (κ2) is 6.47. The molecule has 3 nitrogen and oxygen atoms in total. The van der Waals surface area contributed by atoms with Gasteiger partial charge in [-0.1, -0.05) is 6.42 Å². The molecule has 1 heterocycles. The first kappa shape index (κ1) is 15.8. The highest BCUT2D eigenvalue weighted by molar-refractivity contribution is 9.11. The molecule has 0 radical (unpaired) electrons. The minimum absolute atomic E-state index is 0.0780. The SMILES string of the molecule is CSC1CCCC(NS(=O)(=O)c2cc(Br)sc2C)C1. The van der Waals surface area contributed by atoms with E-state index in [1.165, 1.54) is 17.8 Å². The van der Waals surface area contributed by atoms with E-state index in [1.54, 1.807) is 6.07 Å². The van der Waals surface area contributed by atoms with Gasteiger partial charge in [-0.2, -0.15) is 11.8 Å². The van der Waals surface area contributed by atoms with E-state index in [1.807, 2.05) is 18.7 Å². The normalized spacial score (nSPS) is 24.6. The van der Waals surface area contributed by atoms with Gasteiger partial charge in [0.1, 0.15) is 0 Å². The standard InChI is InChI=1S/C12H18BrNO2S3/c1-8-11(7-12(13)18-8)19(15,16)14-9-4-3-5-10(6-9)17-2/h7,9-10,14H,3-6H2,1-2H3. The maximum atomic E-state index is 12.4. The average Bonchev–Trinajstić information content (AvgIpc) is 2.69. The summed E-state index contributed by atoms with van der Waals surface area (Å²) in [6.45, 7) is 1.84. The quantitative estimate of drug-likeness (QED) is 0.860. The lowest BCUT2D eigenvalue weighted by Gasteiger charge is -2.28. The van der Waals surface area contributed by atoms with Crippen LogP contribution in [-0.2, 0) is 10.0 Å². The summed E-state index contributed by atoms with van der Waals surface area (Å²) in [5.74, 6) is 0. The van der Waals surface area contributed by atoms with Gasteiger partial charge in [0.05, 0.1) is 8.68 Å². The molecular formula is C12H18BrNO2S3. The predicted octanol–water partition coefficient (Wildman–Crippen LogP) is 3.77. The third-order valence-corrected chi connectivity index (χ3v) is 7.84. The molecule has 1 fully saturated rings. The summed E-state index contributed by atoms with van der Waals surface area (Å²) in [6.07, 6.45) is 6.28. The largest absolute Gasteiger partial charge is 0.241 e. The molecule has 1 aliphatic rings. The summed E-state index contributed by atoms with van der Waals surface area (Å²) in [6, 6.07) is 1.77. The van der Waals surface area contributed by atoms with Crippen molar-refractivity contribution in [3.05, 3.63) is 14.7 Å². The van der Waals surface area contributed by atoms with Crippen LogP contribution in [0.15, 0.2) is 14.7 Å². The summed E-state index contributed by atoms with van der Waals surface area (Å²) in [5.41, 5.74) is 0. The van der Waals surface area contributed by atoms with Crippen LogP contribution in [0.1, 0.15) is 30.6 Å². The van der Waals surface area contributed by atoms with Gasteiger partial charge in [-0.25, -0.2) is 13.1 Å². The zero-order valence-electron chi connectivity index (χ0n) is 11.0. The first-order valence-corrected chi connectivity index (χ1v) is 10.6. The molecule has 0 saturated heterocycles.